The molecule has 0 saturated heterocycles. The van der Waals surface area contributed by atoms with Gasteiger partial charge in [-0.05, 0) is 18.4 Å². The summed E-state index contributed by atoms with van der Waals surface area (Å²) in [4.78, 5) is 22.3. The molecule has 3 rings (SSSR count). The Morgan fingerprint density at radius 3 is 2.17 bits per heavy atom. The zero-order valence-electron chi connectivity index (χ0n) is 11.5. The molecule has 0 unspecified atom stereocenters. The van der Waals surface area contributed by atoms with Crippen LogP contribution in [0.5, 0.6) is 0 Å². The first-order valence-corrected chi connectivity index (χ1v) is 6.28. The third-order valence-electron chi connectivity index (χ3n) is 4.22. The molecule has 4 heteroatoms. The van der Waals surface area contributed by atoms with Crippen LogP contribution in [0.3, 0.4) is 0 Å². The molecule has 0 aromatic heterocycles. The summed E-state index contributed by atoms with van der Waals surface area (Å²) < 4.78 is 10.8. The van der Waals surface area contributed by atoms with Crippen LogP contribution in [0, 0.1) is 17.3 Å². The number of fused-ring (bicyclic) bond motifs is 1. The van der Waals surface area contributed by atoms with E-state index in [9.17, 15) is 9.59 Å². The van der Waals surface area contributed by atoms with Crippen molar-refractivity contribution in [3.05, 3.63) is 11.6 Å². The van der Waals surface area contributed by atoms with Gasteiger partial charge in [-0.2, -0.15) is 0 Å². The maximum absolute atomic E-state index is 11.2. The van der Waals surface area contributed by atoms with Gasteiger partial charge in [0.05, 0.1) is 0 Å². The Hall–Kier alpha value is -1.32. The summed E-state index contributed by atoms with van der Waals surface area (Å²) in [6, 6.07) is 0. The molecule has 1 saturated carbocycles. The Labute approximate surface area is 107 Å². The third-order valence-corrected chi connectivity index (χ3v) is 4.22. The number of carbonyl (C=O) groups excluding carboxylic acids is 2. The van der Waals surface area contributed by atoms with Crippen molar-refractivity contribution in [3.63, 3.8) is 0 Å². The predicted molar refractivity (Wildman–Crippen MR) is 65.6 cm³/mol. The van der Waals surface area contributed by atoms with E-state index in [4.69, 9.17) is 9.47 Å². The Bertz CT molecular complexity index is 422. The standard InChI is InChI=1S/C14H20O4/c1-7-6-10(17-8(2)15)12-13(18-9(3)16)11(7)14(12,4)5/h6,10-13H,1-5H3/t10-,11-,12+,13-/m0/s1. The summed E-state index contributed by atoms with van der Waals surface area (Å²) in [5.74, 6) is -0.286. The molecule has 0 N–H and O–H groups in total. The highest BCUT2D eigenvalue weighted by Gasteiger charge is 2.64. The zero-order valence-corrected chi connectivity index (χ0v) is 11.5. The van der Waals surface area contributed by atoms with Crippen LogP contribution in [0.1, 0.15) is 34.6 Å². The third kappa shape index (κ3) is 1.84. The predicted octanol–water partition coefficient (Wildman–Crippen LogP) is 2.08. The molecule has 1 fully saturated rings. The van der Waals surface area contributed by atoms with Crippen LogP contribution in [0.15, 0.2) is 11.6 Å². The molecule has 4 atom stereocenters. The van der Waals surface area contributed by atoms with Crippen molar-refractivity contribution in [2.45, 2.75) is 46.8 Å². The summed E-state index contributed by atoms with van der Waals surface area (Å²) in [5.41, 5.74) is 1.14. The van der Waals surface area contributed by atoms with Gasteiger partial charge < -0.3 is 9.47 Å². The van der Waals surface area contributed by atoms with E-state index >= 15 is 0 Å². The molecule has 100 valence electrons. The number of ether oxygens (including phenoxy) is 2. The second-order valence-electron chi connectivity index (χ2n) is 5.88. The van der Waals surface area contributed by atoms with Crippen molar-refractivity contribution >= 4 is 11.9 Å². The molecular weight excluding hydrogens is 232 g/mol. The average Bonchev–Trinajstić information content (AvgIpc) is 2.12. The van der Waals surface area contributed by atoms with Gasteiger partial charge in [-0.25, -0.2) is 0 Å². The molecule has 0 heterocycles. The van der Waals surface area contributed by atoms with Gasteiger partial charge in [0.25, 0.3) is 0 Å². The minimum atomic E-state index is -0.299. The van der Waals surface area contributed by atoms with Gasteiger partial charge in [0.1, 0.15) is 12.2 Å². The smallest absolute Gasteiger partial charge is 0.303 e. The summed E-state index contributed by atoms with van der Waals surface area (Å²) >= 11 is 0. The normalized spacial score (nSPS) is 36.2. The Kier molecular flexibility index (Phi) is 2.99. The molecule has 0 aliphatic heterocycles. The molecule has 3 aliphatic rings. The minimum absolute atomic E-state index is 0.000926. The van der Waals surface area contributed by atoms with E-state index in [1.165, 1.54) is 13.8 Å². The van der Waals surface area contributed by atoms with Crippen LogP contribution in [0.4, 0.5) is 0 Å². The first kappa shape index (κ1) is 13.1. The Morgan fingerprint density at radius 2 is 1.72 bits per heavy atom. The van der Waals surface area contributed by atoms with E-state index in [1.807, 2.05) is 13.0 Å². The van der Waals surface area contributed by atoms with Gasteiger partial charge in [-0.1, -0.05) is 19.4 Å². The van der Waals surface area contributed by atoms with Crippen LogP contribution in [-0.4, -0.2) is 24.1 Å². The van der Waals surface area contributed by atoms with Gasteiger partial charge >= 0.3 is 11.9 Å². The first-order valence-electron chi connectivity index (χ1n) is 6.28. The highest BCUT2D eigenvalue weighted by molar-refractivity contribution is 5.67. The molecule has 4 nitrogen and oxygen atoms in total. The fourth-order valence-electron chi connectivity index (χ4n) is 3.70. The van der Waals surface area contributed by atoms with E-state index in [0.717, 1.165) is 5.57 Å². The molecule has 2 bridgehead atoms. The second-order valence-corrected chi connectivity index (χ2v) is 5.88. The van der Waals surface area contributed by atoms with Crippen LogP contribution in [0.25, 0.3) is 0 Å². The van der Waals surface area contributed by atoms with E-state index in [0.29, 0.717) is 0 Å². The van der Waals surface area contributed by atoms with Crippen molar-refractivity contribution in [3.8, 4) is 0 Å². The summed E-state index contributed by atoms with van der Waals surface area (Å²) in [6.07, 6.45) is 1.54. The van der Waals surface area contributed by atoms with Crippen LogP contribution in [0.2, 0.25) is 0 Å². The lowest BCUT2D eigenvalue weighted by Gasteiger charge is -2.62. The van der Waals surface area contributed by atoms with Gasteiger partial charge in [-0.3, -0.25) is 9.59 Å². The lowest BCUT2D eigenvalue weighted by Crippen LogP contribution is -2.66. The molecule has 0 spiro atoms. The van der Waals surface area contributed by atoms with Gasteiger partial charge in [0.15, 0.2) is 0 Å². The number of rotatable bonds is 2. The second kappa shape index (κ2) is 4.11. The van der Waals surface area contributed by atoms with Crippen LogP contribution >= 0.6 is 0 Å². The Morgan fingerprint density at radius 1 is 1.17 bits per heavy atom. The molecular formula is C14H20O4. The van der Waals surface area contributed by atoms with Gasteiger partial charge in [0, 0.05) is 25.7 Å². The van der Waals surface area contributed by atoms with E-state index in [-0.39, 0.29) is 41.4 Å². The minimum Gasteiger partial charge on any atom is -0.461 e. The molecule has 18 heavy (non-hydrogen) atoms. The summed E-state index contributed by atoms with van der Waals surface area (Å²) in [7, 11) is 0. The summed E-state index contributed by atoms with van der Waals surface area (Å²) in [6.45, 7) is 9.10. The quantitative estimate of drug-likeness (QED) is 0.557. The highest BCUT2D eigenvalue weighted by Crippen LogP contribution is 2.61. The van der Waals surface area contributed by atoms with Crippen molar-refractivity contribution in [2.24, 2.45) is 17.3 Å². The van der Waals surface area contributed by atoms with E-state index in [1.54, 1.807) is 0 Å². The SMILES string of the molecule is CC(=O)O[C@@H]1[C@H]2[C@@H](OC(C)=O)C=C(C)[C@@H]1C2(C)C. The number of hydrogen-bond acceptors (Lipinski definition) is 4. The largest absolute Gasteiger partial charge is 0.461 e. The van der Waals surface area contributed by atoms with E-state index < -0.39 is 0 Å². The fraction of sp³-hybridized carbons (Fsp3) is 0.714. The lowest BCUT2D eigenvalue weighted by atomic mass is 9.46. The van der Waals surface area contributed by atoms with Gasteiger partial charge in [0.2, 0.25) is 0 Å². The molecule has 0 amide bonds. The zero-order chi connectivity index (χ0) is 13.7. The highest BCUT2D eigenvalue weighted by atomic mass is 16.6. The van der Waals surface area contributed by atoms with Crippen LogP contribution in [-0.2, 0) is 19.1 Å². The number of esters is 2. The number of hydrogen-bond donors (Lipinski definition) is 0. The lowest BCUT2D eigenvalue weighted by molar-refractivity contribution is -0.215. The van der Waals surface area contributed by atoms with E-state index in [2.05, 4.69) is 13.8 Å². The van der Waals surface area contributed by atoms with Crippen LogP contribution < -0.4 is 0 Å². The van der Waals surface area contributed by atoms with Crippen molar-refractivity contribution in [2.75, 3.05) is 0 Å². The number of carbonyl (C=O) groups is 2. The fourth-order valence-corrected chi connectivity index (χ4v) is 3.70. The molecule has 0 radical (unpaired) electrons. The molecule has 0 aromatic carbocycles. The first-order chi connectivity index (χ1) is 8.25. The van der Waals surface area contributed by atoms with Crippen molar-refractivity contribution < 1.29 is 19.1 Å². The summed E-state index contributed by atoms with van der Waals surface area (Å²) in [5, 5.41) is 0. The maximum atomic E-state index is 11.2. The van der Waals surface area contributed by atoms with Crippen molar-refractivity contribution in [1.82, 2.24) is 0 Å². The Balaban J connectivity index is 2.28. The topological polar surface area (TPSA) is 52.6 Å². The molecule has 0 aromatic rings. The maximum Gasteiger partial charge on any atom is 0.303 e. The molecule has 3 aliphatic carbocycles. The average molecular weight is 252 g/mol. The van der Waals surface area contributed by atoms with Crippen molar-refractivity contribution in [1.29, 1.82) is 0 Å². The van der Waals surface area contributed by atoms with Gasteiger partial charge in [-0.15, -0.1) is 0 Å². The monoisotopic (exact) mass is 252 g/mol.